The van der Waals surface area contributed by atoms with Crippen molar-refractivity contribution >= 4 is 27.3 Å². The summed E-state index contributed by atoms with van der Waals surface area (Å²) in [5.74, 6) is -1.47. The van der Waals surface area contributed by atoms with Crippen molar-refractivity contribution in [1.82, 2.24) is 4.31 Å². The molecule has 0 bridgehead atoms. The van der Waals surface area contributed by atoms with Crippen LogP contribution in [0.4, 0.5) is 15.8 Å². The first-order valence-corrected chi connectivity index (χ1v) is 13.2. The second-order valence-electron chi connectivity index (χ2n) is 8.89. The fraction of sp³-hybridized carbons (Fsp3) is 0.296. The van der Waals surface area contributed by atoms with Crippen LogP contribution in [0.2, 0.25) is 0 Å². The number of hydrogen-bond donors (Lipinski definition) is 1. The standard InChI is InChI=1S/C27H30FN3O3S/c1-4-21-7-9-22(10-8-21)29-27(32)25-17-24(13-14-26(25)28)35(33,34)30-15-16-31(20(3)18-30)23-11-5-19(2)6-12-23/h5-14,17,20H,4,15-16,18H2,1-3H3,(H,29,32)/t20-/m0/s1. The van der Waals surface area contributed by atoms with Crippen LogP contribution in [0.5, 0.6) is 0 Å². The highest BCUT2D eigenvalue weighted by Crippen LogP contribution is 2.26. The molecule has 0 unspecified atom stereocenters. The van der Waals surface area contributed by atoms with Gasteiger partial charge >= 0.3 is 0 Å². The number of piperazine rings is 1. The van der Waals surface area contributed by atoms with Crippen LogP contribution >= 0.6 is 0 Å². The highest BCUT2D eigenvalue weighted by molar-refractivity contribution is 7.89. The van der Waals surface area contributed by atoms with E-state index >= 15 is 0 Å². The molecule has 6 nitrogen and oxygen atoms in total. The van der Waals surface area contributed by atoms with Gasteiger partial charge in [0.25, 0.3) is 5.91 Å². The predicted octanol–water partition coefficient (Wildman–Crippen LogP) is 4.85. The van der Waals surface area contributed by atoms with Crippen LogP contribution in [-0.2, 0) is 16.4 Å². The summed E-state index contributed by atoms with van der Waals surface area (Å²) in [6.45, 7) is 7.15. The molecule has 0 radical (unpaired) electrons. The second kappa shape index (κ2) is 10.2. The highest BCUT2D eigenvalue weighted by Gasteiger charge is 2.33. The molecule has 1 saturated heterocycles. The van der Waals surface area contributed by atoms with Crippen molar-refractivity contribution in [2.45, 2.75) is 38.1 Å². The Morgan fingerprint density at radius 2 is 1.71 bits per heavy atom. The molecule has 1 aliphatic heterocycles. The van der Waals surface area contributed by atoms with Crippen molar-refractivity contribution in [3.63, 3.8) is 0 Å². The quantitative estimate of drug-likeness (QED) is 0.531. The molecule has 0 aliphatic carbocycles. The Balaban J connectivity index is 1.51. The van der Waals surface area contributed by atoms with Gasteiger partial charge in [-0.05, 0) is 68.3 Å². The van der Waals surface area contributed by atoms with E-state index in [0.29, 0.717) is 25.3 Å². The molecule has 0 spiro atoms. The molecule has 1 N–H and O–H groups in total. The topological polar surface area (TPSA) is 69.7 Å². The molecule has 0 saturated carbocycles. The number of aryl methyl sites for hydroxylation is 2. The van der Waals surface area contributed by atoms with Crippen LogP contribution in [-0.4, -0.2) is 44.3 Å². The Bertz CT molecular complexity index is 1310. The molecule has 1 amide bonds. The van der Waals surface area contributed by atoms with Crippen LogP contribution in [0.3, 0.4) is 0 Å². The second-order valence-corrected chi connectivity index (χ2v) is 10.8. The summed E-state index contributed by atoms with van der Waals surface area (Å²) in [5.41, 5.74) is 3.53. The zero-order valence-electron chi connectivity index (χ0n) is 20.2. The summed E-state index contributed by atoms with van der Waals surface area (Å²) in [6.07, 6.45) is 0.862. The number of benzene rings is 3. The third-order valence-electron chi connectivity index (χ3n) is 6.40. The Morgan fingerprint density at radius 3 is 2.34 bits per heavy atom. The van der Waals surface area contributed by atoms with Gasteiger partial charge in [0.05, 0.1) is 10.5 Å². The lowest BCUT2D eigenvalue weighted by atomic mass is 10.1. The van der Waals surface area contributed by atoms with Crippen molar-refractivity contribution in [2.24, 2.45) is 0 Å². The minimum Gasteiger partial charge on any atom is -0.366 e. The molecule has 184 valence electrons. The average molecular weight is 496 g/mol. The van der Waals surface area contributed by atoms with E-state index in [1.165, 1.54) is 10.4 Å². The molecular weight excluding hydrogens is 465 g/mol. The van der Waals surface area contributed by atoms with Gasteiger partial charge in [-0.25, -0.2) is 12.8 Å². The van der Waals surface area contributed by atoms with Crippen LogP contribution in [0.1, 0.15) is 35.3 Å². The molecule has 3 aromatic rings. The van der Waals surface area contributed by atoms with E-state index in [0.717, 1.165) is 35.4 Å². The zero-order valence-corrected chi connectivity index (χ0v) is 21.0. The van der Waals surface area contributed by atoms with Crippen LogP contribution < -0.4 is 10.2 Å². The highest BCUT2D eigenvalue weighted by atomic mass is 32.2. The number of nitrogens with one attached hydrogen (secondary N) is 1. The Labute approximate surface area is 206 Å². The number of halogens is 1. The molecule has 4 rings (SSSR count). The van der Waals surface area contributed by atoms with Gasteiger partial charge in [-0.3, -0.25) is 4.79 Å². The number of anilines is 2. The maximum atomic E-state index is 14.5. The number of carbonyl (C=O) groups is 1. The zero-order chi connectivity index (χ0) is 25.2. The molecule has 8 heteroatoms. The van der Waals surface area contributed by atoms with Crippen molar-refractivity contribution in [3.8, 4) is 0 Å². The summed E-state index contributed by atoms with van der Waals surface area (Å²) in [6, 6.07) is 18.7. The van der Waals surface area contributed by atoms with Gasteiger partial charge in [-0.1, -0.05) is 36.8 Å². The first-order chi connectivity index (χ1) is 16.7. The fourth-order valence-corrected chi connectivity index (χ4v) is 5.81. The summed E-state index contributed by atoms with van der Waals surface area (Å²) in [7, 11) is -3.90. The number of rotatable bonds is 6. The van der Waals surface area contributed by atoms with Crippen molar-refractivity contribution in [2.75, 3.05) is 29.9 Å². The molecular formula is C27H30FN3O3S. The number of hydrogen-bond acceptors (Lipinski definition) is 4. The minimum absolute atomic E-state index is 0.0458. The van der Waals surface area contributed by atoms with E-state index in [9.17, 15) is 17.6 Å². The molecule has 1 fully saturated rings. The van der Waals surface area contributed by atoms with E-state index in [4.69, 9.17) is 0 Å². The normalized spacial score (nSPS) is 16.8. The molecule has 1 aliphatic rings. The molecule has 3 aromatic carbocycles. The van der Waals surface area contributed by atoms with Crippen molar-refractivity contribution in [1.29, 1.82) is 0 Å². The average Bonchev–Trinajstić information content (AvgIpc) is 2.85. The largest absolute Gasteiger partial charge is 0.366 e. The van der Waals surface area contributed by atoms with E-state index in [2.05, 4.69) is 10.2 Å². The lowest BCUT2D eigenvalue weighted by Gasteiger charge is -2.40. The van der Waals surface area contributed by atoms with E-state index in [-0.39, 0.29) is 16.5 Å². The van der Waals surface area contributed by atoms with E-state index in [1.54, 1.807) is 12.1 Å². The number of amides is 1. The third-order valence-corrected chi connectivity index (χ3v) is 8.26. The number of sulfonamides is 1. The monoisotopic (exact) mass is 495 g/mol. The first kappa shape index (κ1) is 24.9. The van der Waals surface area contributed by atoms with E-state index in [1.807, 2.05) is 57.2 Å². The number of carbonyl (C=O) groups excluding carboxylic acids is 1. The summed E-state index contributed by atoms with van der Waals surface area (Å²) < 4.78 is 42.7. The smallest absolute Gasteiger partial charge is 0.258 e. The van der Waals surface area contributed by atoms with Gasteiger partial charge in [0.1, 0.15) is 5.82 Å². The summed E-state index contributed by atoms with van der Waals surface area (Å²) >= 11 is 0. The molecule has 0 aromatic heterocycles. The van der Waals surface area contributed by atoms with Gasteiger partial charge in [0, 0.05) is 37.1 Å². The third kappa shape index (κ3) is 5.39. The molecule has 35 heavy (non-hydrogen) atoms. The summed E-state index contributed by atoms with van der Waals surface area (Å²) in [4.78, 5) is 14.8. The van der Waals surface area contributed by atoms with Crippen molar-refractivity contribution in [3.05, 3.63) is 89.2 Å². The van der Waals surface area contributed by atoms with Crippen LogP contribution in [0, 0.1) is 12.7 Å². The lowest BCUT2D eigenvalue weighted by molar-refractivity contribution is 0.102. The minimum atomic E-state index is -3.90. The van der Waals surface area contributed by atoms with Gasteiger partial charge in [0.2, 0.25) is 10.0 Å². The van der Waals surface area contributed by atoms with Gasteiger partial charge < -0.3 is 10.2 Å². The van der Waals surface area contributed by atoms with Gasteiger partial charge in [-0.15, -0.1) is 0 Å². The van der Waals surface area contributed by atoms with Gasteiger partial charge in [-0.2, -0.15) is 4.31 Å². The Kier molecular flexibility index (Phi) is 7.23. The van der Waals surface area contributed by atoms with Gasteiger partial charge in [0.15, 0.2) is 0 Å². The maximum Gasteiger partial charge on any atom is 0.258 e. The van der Waals surface area contributed by atoms with Crippen LogP contribution in [0.25, 0.3) is 0 Å². The SMILES string of the molecule is CCc1ccc(NC(=O)c2cc(S(=O)(=O)N3CCN(c4ccc(C)cc4)[C@@H](C)C3)ccc2F)cc1. The van der Waals surface area contributed by atoms with E-state index < -0.39 is 21.7 Å². The lowest BCUT2D eigenvalue weighted by Crippen LogP contribution is -2.53. The molecule has 1 atom stereocenters. The molecule has 1 heterocycles. The van der Waals surface area contributed by atoms with Crippen molar-refractivity contribution < 1.29 is 17.6 Å². The first-order valence-electron chi connectivity index (χ1n) is 11.7. The van der Waals surface area contributed by atoms with Crippen LogP contribution in [0.15, 0.2) is 71.6 Å². The Hall–Kier alpha value is -3.23. The number of nitrogens with zero attached hydrogens (tertiary/aromatic N) is 2. The predicted molar refractivity (Wildman–Crippen MR) is 137 cm³/mol. The fourth-order valence-electron chi connectivity index (χ4n) is 4.27. The summed E-state index contributed by atoms with van der Waals surface area (Å²) in [5, 5.41) is 2.65. The maximum absolute atomic E-state index is 14.5. The Morgan fingerprint density at radius 1 is 1.03 bits per heavy atom.